The van der Waals surface area contributed by atoms with Gasteiger partial charge in [-0.05, 0) is 24.6 Å². The lowest BCUT2D eigenvalue weighted by atomic mass is 9.87. The SMILES string of the molecule is O=C(c1ccccc1)N1CCOC[C@]2(CCN(c3ncccn3)C2)C1. The van der Waals surface area contributed by atoms with Gasteiger partial charge in [0.1, 0.15) is 0 Å². The topological polar surface area (TPSA) is 58.6 Å². The van der Waals surface area contributed by atoms with Crippen molar-refractivity contribution in [2.45, 2.75) is 6.42 Å². The Balaban J connectivity index is 1.51. The molecule has 2 aliphatic heterocycles. The van der Waals surface area contributed by atoms with E-state index in [-0.39, 0.29) is 11.3 Å². The highest BCUT2D eigenvalue weighted by atomic mass is 16.5. The summed E-state index contributed by atoms with van der Waals surface area (Å²) in [6.07, 6.45) is 4.51. The second kappa shape index (κ2) is 6.80. The first-order valence-electron chi connectivity index (χ1n) is 8.70. The van der Waals surface area contributed by atoms with E-state index in [9.17, 15) is 4.79 Å². The molecule has 2 aliphatic rings. The van der Waals surface area contributed by atoms with Gasteiger partial charge in [0.05, 0.1) is 13.2 Å². The maximum atomic E-state index is 12.9. The molecule has 130 valence electrons. The largest absolute Gasteiger partial charge is 0.379 e. The molecule has 1 atom stereocenters. The molecular formula is C19H22N4O2. The monoisotopic (exact) mass is 338 g/mol. The summed E-state index contributed by atoms with van der Waals surface area (Å²) in [5.74, 6) is 0.837. The van der Waals surface area contributed by atoms with Gasteiger partial charge >= 0.3 is 0 Å². The molecule has 0 aliphatic carbocycles. The summed E-state index contributed by atoms with van der Waals surface area (Å²) in [6, 6.07) is 11.3. The zero-order valence-electron chi connectivity index (χ0n) is 14.2. The van der Waals surface area contributed by atoms with Gasteiger partial charge in [0.2, 0.25) is 5.95 Å². The molecule has 1 amide bonds. The number of carbonyl (C=O) groups is 1. The molecule has 2 saturated heterocycles. The Morgan fingerprint density at radius 1 is 1.04 bits per heavy atom. The number of benzene rings is 1. The van der Waals surface area contributed by atoms with Crippen LogP contribution in [0.1, 0.15) is 16.8 Å². The van der Waals surface area contributed by atoms with Crippen LogP contribution in [0.5, 0.6) is 0 Å². The number of hydrogen-bond acceptors (Lipinski definition) is 5. The minimum atomic E-state index is -0.0554. The van der Waals surface area contributed by atoms with E-state index < -0.39 is 0 Å². The van der Waals surface area contributed by atoms with Crippen LogP contribution in [0, 0.1) is 5.41 Å². The van der Waals surface area contributed by atoms with E-state index in [0.717, 1.165) is 31.0 Å². The van der Waals surface area contributed by atoms with Crippen molar-refractivity contribution in [3.8, 4) is 0 Å². The number of nitrogens with zero attached hydrogens (tertiary/aromatic N) is 4. The van der Waals surface area contributed by atoms with Gasteiger partial charge < -0.3 is 14.5 Å². The van der Waals surface area contributed by atoms with Gasteiger partial charge in [-0.1, -0.05) is 18.2 Å². The number of carbonyl (C=O) groups excluding carboxylic acids is 1. The Hall–Kier alpha value is -2.47. The van der Waals surface area contributed by atoms with Crippen molar-refractivity contribution >= 4 is 11.9 Å². The van der Waals surface area contributed by atoms with E-state index in [4.69, 9.17) is 4.74 Å². The van der Waals surface area contributed by atoms with Crippen molar-refractivity contribution < 1.29 is 9.53 Å². The highest BCUT2D eigenvalue weighted by Gasteiger charge is 2.43. The van der Waals surface area contributed by atoms with Crippen LogP contribution in [0.3, 0.4) is 0 Å². The second-order valence-electron chi connectivity index (χ2n) is 6.87. The molecular weight excluding hydrogens is 316 g/mol. The van der Waals surface area contributed by atoms with Gasteiger partial charge in [-0.25, -0.2) is 9.97 Å². The molecule has 6 nitrogen and oxygen atoms in total. The average molecular weight is 338 g/mol. The van der Waals surface area contributed by atoms with Gasteiger partial charge in [-0.2, -0.15) is 0 Å². The number of hydrogen-bond donors (Lipinski definition) is 0. The molecule has 4 rings (SSSR count). The second-order valence-corrected chi connectivity index (χ2v) is 6.87. The minimum absolute atomic E-state index is 0.0554. The molecule has 0 radical (unpaired) electrons. The third-order valence-corrected chi connectivity index (χ3v) is 5.02. The predicted octanol–water partition coefficient (Wildman–Crippen LogP) is 1.85. The molecule has 25 heavy (non-hydrogen) atoms. The van der Waals surface area contributed by atoms with E-state index in [0.29, 0.717) is 26.3 Å². The normalized spacial score (nSPS) is 23.7. The molecule has 1 aromatic heterocycles. The fourth-order valence-electron chi connectivity index (χ4n) is 3.74. The maximum absolute atomic E-state index is 12.9. The summed E-state index contributed by atoms with van der Waals surface area (Å²) in [7, 11) is 0. The highest BCUT2D eigenvalue weighted by molar-refractivity contribution is 5.94. The molecule has 3 heterocycles. The third-order valence-electron chi connectivity index (χ3n) is 5.02. The third kappa shape index (κ3) is 3.35. The fourth-order valence-corrected chi connectivity index (χ4v) is 3.74. The van der Waals surface area contributed by atoms with Gasteiger partial charge in [0.25, 0.3) is 5.91 Å². The molecule has 0 unspecified atom stereocenters. The van der Waals surface area contributed by atoms with Gasteiger partial charge in [0.15, 0.2) is 0 Å². The van der Waals surface area contributed by atoms with E-state index >= 15 is 0 Å². The first-order chi connectivity index (χ1) is 12.3. The Bertz CT molecular complexity index is 725. The predicted molar refractivity (Wildman–Crippen MR) is 94.5 cm³/mol. The lowest BCUT2D eigenvalue weighted by Crippen LogP contribution is -2.43. The van der Waals surface area contributed by atoms with Crippen LogP contribution in [0.25, 0.3) is 0 Å². The molecule has 2 aromatic rings. The van der Waals surface area contributed by atoms with E-state index in [1.807, 2.05) is 41.3 Å². The minimum Gasteiger partial charge on any atom is -0.379 e. The van der Waals surface area contributed by atoms with Gasteiger partial charge in [0, 0.05) is 49.6 Å². The number of ether oxygens (including phenoxy) is 1. The first kappa shape index (κ1) is 16.0. The summed E-state index contributed by atoms with van der Waals surface area (Å²) in [5.41, 5.74) is 0.681. The van der Waals surface area contributed by atoms with Crippen LogP contribution < -0.4 is 4.90 Å². The van der Waals surface area contributed by atoms with Crippen LogP contribution in [-0.4, -0.2) is 60.2 Å². The average Bonchev–Trinajstić information content (AvgIpc) is 2.97. The van der Waals surface area contributed by atoms with E-state index in [2.05, 4.69) is 14.9 Å². The highest BCUT2D eigenvalue weighted by Crippen LogP contribution is 2.35. The van der Waals surface area contributed by atoms with Crippen molar-refractivity contribution in [3.05, 3.63) is 54.4 Å². The summed E-state index contributed by atoms with van der Waals surface area (Å²) >= 11 is 0. The van der Waals surface area contributed by atoms with Crippen LogP contribution in [0.4, 0.5) is 5.95 Å². The number of rotatable bonds is 2. The fraction of sp³-hybridized carbons (Fsp3) is 0.421. The molecule has 2 fully saturated rings. The van der Waals surface area contributed by atoms with E-state index in [1.165, 1.54) is 0 Å². The Morgan fingerprint density at radius 2 is 1.84 bits per heavy atom. The molecule has 0 N–H and O–H groups in total. The molecule has 1 spiro atoms. The Labute approximate surface area is 147 Å². The first-order valence-corrected chi connectivity index (χ1v) is 8.70. The number of anilines is 1. The summed E-state index contributed by atoms with van der Waals surface area (Å²) in [4.78, 5) is 25.7. The van der Waals surface area contributed by atoms with Crippen molar-refractivity contribution in [1.82, 2.24) is 14.9 Å². The van der Waals surface area contributed by atoms with Crippen molar-refractivity contribution in [2.75, 3.05) is 44.3 Å². The zero-order chi connectivity index (χ0) is 17.1. The molecule has 0 bridgehead atoms. The summed E-state index contributed by atoms with van der Waals surface area (Å²) in [5, 5.41) is 0. The molecule has 6 heteroatoms. The molecule has 1 aromatic carbocycles. The summed E-state index contributed by atoms with van der Waals surface area (Å²) in [6.45, 7) is 4.31. The van der Waals surface area contributed by atoms with Crippen LogP contribution in [0.15, 0.2) is 48.8 Å². The lowest BCUT2D eigenvalue weighted by molar-refractivity contribution is 0.0691. The summed E-state index contributed by atoms with van der Waals surface area (Å²) < 4.78 is 5.87. The zero-order valence-corrected chi connectivity index (χ0v) is 14.2. The van der Waals surface area contributed by atoms with Crippen LogP contribution in [-0.2, 0) is 4.74 Å². The van der Waals surface area contributed by atoms with Crippen molar-refractivity contribution in [2.24, 2.45) is 5.41 Å². The van der Waals surface area contributed by atoms with E-state index in [1.54, 1.807) is 12.4 Å². The Morgan fingerprint density at radius 3 is 2.64 bits per heavy atom. The van der Waals surface area contributed by atoms with Crippen molar-refractivity contribution in [3.63, 3.8) is 0 Å². The maximum Gasteiger partial charge on any atom is 0.253 e. The van der Waals surface area contributed by atoms with Crippen molar-refractivity contribution in [1.29, 1.82) is 0 Å². The van der Waals surface area contributed by atoms with Gasteiger partial charge in [-0.3, -0.25) is 4.79 Å². The van der Waals surface area contributed by atoms with Crippen LogP contribution in [0.2, 0.25) is 0 Å². The quantitative estimate of drug-likeness (QED) is 0.836. The lowest BCUT2D eigenvalue weighted by Gasteiger charge is -2.31. The molecule has 0 saturated carbocycles. The van der Waals surface area contributed by atoms with Gasteiger partial charge in [-0.15, -0.1) is 0 Å². The number of aromatic nitrogens is 2. The number of amides is 1. The smallest absolute Gasteiger partial charge is 0.253 e. The standard InChI is InChI=1S/C19H22N4O2/c24-17(16-5-2-1-3-6-16)22-11-12-25-15-19(13-22)7-10-23(14-19)18-20-8-4-9-21-18/h1-6,8-9H,7,10-15H2/t19-/m1/s1. The van der Waals surface area contributed by atoms with Crippen LogP contribution >= 0.6 is 0 Å². The Kier molecular flexibility index (Phi) is 4.36.